The van der Waals surface area contributed by atoms with Crippen LogP contribution in [0.5, 0.6) is 0 Å². The molecule has 0 aliphatic carbocycles. The maximum Gasteiger partial charge on any atom is 0.335 e. The van der Waals surface area contributed by atoms with Gasteiger partial charge < -0.3 is 15.1 Å². The summed E-state index contributed by atoms with van der Waals surface area (Å²) in [6, 6.07) is 7.54. The van der Waals surface area contributed by atoms with Gasteiger partial charge in [-0.05, 0) is 18.6 Å². The van der Waals surface area contributed by atoms with Gasteiger partial charge in [0.2, 0.25) is 5.91 Å². The number of para-hydroxylation sites is 2. The highest BCUT2D eigenvalue weighted by Gasteiger charge is 2.40. The largest absolute Gasteiger partial charge is 0.479 e. The molecule has 1 fully saturated rings. The molecule has 2 N–H and O–H groups in total. The van der Waals surface area contributed by atoms with E-state index < -0.39 is 11.6 Å². The molecule has 8 nitrogen and oxygen atoms in total. The Morgan fingerprint density at radius 2 is 1.63 bits per heavy atom. The Balaban J connectivity index is 1.71. The van der Waals surface area contributed by atoms with Crippen molar-refractivity contribution in [1.29, 1.82) is 0 Å². The zero-order valence-corrected chi connectivity index (χ0v) is 15.4. The first-order valence-corrected chi connectivity index (χ1v) is 9.29. The highest BCUT2D eigenvalue weighted by atomic mass is 16.4. The molecule has 1 aliphatic heterocycles. The van der Waals surface area contributed by atoms with Crippen LogP contribution in [0.2, 0.25) is 0 Å². The lowest BCUT2D eigenvalue weighted by Crippen LogP contribution is -2.51. The Morgan fingerprint density at radius 1 is 1.07 bits per heavy atom. The highest BCUT2D eigenvalue weighted by Crippen LogP contribution is 2.23. The third-order valence-corrected chi connectivity index (χ3v) is 5.26. The normalized spacial score (nSPS) is 16.6. The molecule has 0 radical (unpaired) electrons. The van der Waals surface area contributed by atoms with Gasteiger partial charge in [0.1, 0.15) is 0 Å². The first-order valence-electron chi connectivity index (χ1n) is 9.29. The molecule has 1 aliphatic rings. The maximum absolute atomic E-state index is 12.7. The molecule has 0 saturated carbocycles. The van der Waals surface area contributed by atoms with Gasteiger partial charge in [-0.15, -0.1) is 0 Å². The fourth-order valence-corrected chi connectivity index (χ4v) is 3.63. The summed E-state index contributed by atoms with van der Waals surface area (Å²) in [6.07, 6.45) is 1.03. The van der Waals surface area contributed by atoms with Gasteiger partial charge >= 0.3 is 11.7 Å². The van der Waals surface area contributed by atoms with Crippen LogP contribution in [-0.2, 0) is 22.7 Å². The minimum absolute atomic E-state index is 0.0177. The zero-order valence-electron chi connectivity index (χ0n) is 15.4. The van der Waals surface area contributed by atoms with Crippen molar-refractivity contribution in [3.8, 4) is 0 Å². The minimum Gasteiger partial charge on any atom is -0.479 e. The van der Waals surface area contributed by atoms with Gasteiger partial charge in [0.25, 0.3) is 0 Å². The van der Waals surface area contributed by atoms with E-state index >= 15 is 0 Å². The topological polar surface area (TPSA) is 105 Å². The molecule has 0 unspecified atom stereocenters. The van der Waals surface area contributed by atoms with E-state index in [0.29, 0.717) is 6.54 Å². The van der Waals surface area contributed by atoms with Gasteiger partial charge in [-0.1, -0.05) is 19.1 Å². The van der Waals surface area contributed by atoms with Crippen molar-refractivity contribution >= 4 is 22.9 Å². The van der Waals surface area contributed by atoms with E-state index in [1.807, 2.05) is 31.2 Å². The lowest BCUT2D eigenvalue weighted by molar-refractivity contribution is -0.165. The second-order valence-electron chi connectivity index (χ2n) is 7.04. The predicted octanol–water partition coefficient (Wildman–Crippen LogP) is 1.04. The van der Waals surface area contributed by atoms with Crippen LogP contribution in [0.1, 0.15) is 32.6 Å². The van der Waals surface area contributed by atoms with Crippen molar-refractivity contribution in [3.63, 3.8) is 0 Å². The first-order chi connectivity index (χ1) is 12.9. The summed E-state index contributed by atoms with van der Waals surface area (Å²) >= 11 is 0. The third-order valence-electron chi connectivity index (χ3n) is 5.26. The Bertz CT molecular complexity index is 906. The number of hydrogen-bond donors (Lipinski definition) is 2. The zero-order chi connectivity index (χ0) is 19.6. The molecule has 1 amide bonds. The Kier molecular flexibility index (Phi) is 5.36. The van der Waals surface area contributed by atoms with Crippen LogP contribution in [0.25, 0.3) is 11.0 Å². The number of aryl methyl sites for hydroxylation is 2. The van der Waals surface area contributed by atoms with Gasteiger partial charge in [0.05, 0.1) is 11.0 Å². The van der Waals surface area contributed by atoms with E-state index in [1.165, 1.54) is 0 Å². The number of amides is 1. The summed E-state index contributed by atoms with van der Waals surface area (Å²) in [7, 11) is 0. The molecular formula is C19H25N3O5. The second kappa shape index (κ2) is 7.56. The first kappa shape index (κ1) is 19.2. The fraction of sp³-hybridized carbons (Fsp3) is 0.526. The van der Waals surface area contributed by atoms with E-state index in [4.69, 9.17) is 5.11 Å². The number of hydrogen-bond acceptors (Lipinski definition) is 4. The van der Waals surface area contributed by atoms with Crippen LogP contribution >= 0.6 is 0 Å². The number of likely N-dealkylation sites (tertiary alicyclic amines) is 1. The van der Waals surface area contributed by atoms with Gasteiger partial charge in [-0.25, -0.2) is 9.59 Å². The van der Waals surface area contributed by atoms with Crippen molar-refractivity contribution in [3.05, 3.63) is 34.7 Å². The van der Waals surface area contributed by atoms with Crippen molar-refractivity contribution in [2.45, 2.75) is 51.3 Å². The number of carbonyl (C=O) groups excluding carboxylic acids is 1. The molecule has 1 aromatic carbocycles. The monoisotopic (exact) mass is 375 g/mol. The minimum atomic E-state index is -1.75. The summed E-state index contributed by atoms with van der Waals surface area (Å²) < 4.78 is 3.36. The van der Waals surface area contributed by atoms with Crippen molar-refractivity contribution in [2.24, 2.45) is 0 Å². The molecule has 3 rings (SSSR count). The average Bonchev–Trinajstić information content (AvgIpc) is 2.92. The quantitative estimate of drug-likeness (QED) is 0.785. The Labute approximate surface area is 156 Å². The van der Waals surface area contributed by atoms with Gasteiger partial charge in [-0.2, -0.15) is 0 Å². The molecule has 2 heterocycles. The van der Waals surface area contributed by atoms with E-state index in [1.54, 1.807) is 14.0 Å². The maximum atomic E-state index is 12.7. The summed E-state index contributed by atoms with van der Waals surface area (Å²) in [6.45, 7) is 3.31. The number of piperidine rings is 1. The van der Waals surface area contributed by atoms with Gasteiger partial charge in [0, 0.05) is 45.4 Å². The number of carboxylic acid groups (broad SMARTS) is 1. The van der Waals surface area contributed by atoms with Crippen LogP contribution < -0.4 is 5.69 Å². The van der Waals surface area contributed by atoms with Gasteiger partial charge in [-0.3, -0.25) is 13.9 Å². The second-order valence-corrected chi connectivity index (χ2v) is 7.04. The lowest BCUT2D eigenvalue weighted by atomic mass is 9.91. The molecule has 1 saturated heterocycles. The number of aliphatic carboxylic acids is 1. The molecule has 8 heteroatoms. The molecule has 1 aromatic heterocycles. The number of aromatic nitrogens is 2. The number of imidazole rings is 1. The van der Waals surface area contributed by atoms with Crippen LogP contribution in [0.15, 0.2) is 29.1 Å². The highest BCUT2D eigenvalue weighted by molar-refractivity contribution is 5.80. The molecule has 0 spiro atoms. The summed E-state index contributed by atoms with van der Waals surface area (Å²) in [4.78, 5) is 37.9. The van der Waals surface area contributed by atoms with Gasteiger partial charge in [0.15, 0.2) is 5.60 Å². The van der Waals surface area contributed by atoms with Crippen molar-refractivity contribution in [1.82, 2.24) is 14.0 Å². The predicted molar refractivity (Wildman–Crippen MR) is 99.5 cm³/mol. The number of carbonyl (C=O) groups is 2. The number of aliphatic hydroxyl groups is 1. The van der Waals surface area contributed by atoms with E-state index in [2.05, 4.69) is 0 Å². The van der Waals surface area contributed by atoms with Crippen LogP contribution in [0.4, 0.5) is 0 Å². The summed E-state index contributed by atoms with van der Waals surface area (Å²) in [5, 5.41) is 19.0. The number of fused-ring (bicyclic) bond motifs is 1. The molecule has 27 heavy (non-hydrogen) atoms. The average molecular weight is 375 g/mol. The van der Waals surface area contributed by atoms with Crippen LogP contribution in [0.3, 0.4) is 0 Å². The summed E-state index contributed by atoms with van der Waals surface area (Å²) in [5.74, 6) is -1.38. The third kappa shape index (κ3) is 3.62. The number of benzene rings is 1. The lowest BCUT2D eigenvalue weighted by Gasteiger charge is -2.35. The van der Waals surface area contributed by atoms with E-state index in [9.17, 15) is 19.5 Å². The molecular weight excluding hydrogens is 350 g/mol. The van der Waals surface area contributed by atoms with Crippen LogP contribution in [-0.4, -0.2) is 54.8 Å². The van der Waals surface area contributed by atoms with E-state index in [-0.39, 0.29) is 50.5 Å². The SMILES string of the molecule is CCCn1c(=O)n(CCC(=O)N2CCC(O)(C(=O)O)CC2)c2ccccc21. The molecule has 2 aromatic rings. The fourth-order valence-electron chi connectivity index (χ4n) is 3.63. The van der Waals surface area contributed by atoms with Crippen molar-refractivity contribution in [2.75, 3.05) is 13.1 Å². The number of rotatable bonds is 6. The molecule has 0 bridgehead atoms. The van der Waals surface area contributed by atoms with Crippen LogP contribution in [0, 0.1) is 0 Å². The molecule has 0 atom stereocenters. The number of carboxylic acids is 1. The summed E-state index contributed by atoms with van der Waals surface area (Å²) in [5.41, 5.74) is -0.199. The van der Waals surface area contributed by atoms with Crippen molar-refractivity contribution < 1.29 is 19.8 Å². The molecule has 146 valence electrons. The standard InChI is InChI=1S/C19H25N3O5/c1-2-10-21-14-5-3-4-6-15(14)22(18(21)26)11-7-16(23)20-12-8-19(27,9-13-20)17(24)25/h3-6,27H,2,7-13H2,1H3,(H,24,25). The Hall–Kier alpha value is -2.61. The Morgan fingerprint density at radius 3 is 2.15 bits per heavy atom. The van der Waals surface area contributed by atoms with E-state index in [0.717, 1.165) is 17.5 Å². The number of nitrogens with zero attached hydrogens (tertiary/aromatic N) is 3. The smallest absolute Gasteiger partial charge is 0.335 e.